The first-order valence-electron chi connectivity index (χ1n) is 10.7. The van der Waals surface area contributed by atoms with Crippen molar-refractivity contribution < 1.29 is 26.7 Å². The molecule has 2 fully saturated rings. The van der Waals surface area contributed by atoms with Gasteiger partial charge in [-0.05, 0) is 36.6 Å². The second kappa shape index (κ2) is 9.09. The number of carbonyl (C=O) groups excluding carboxylic acids is 1. The Bertz CT molecular complexity index is 1140. The topological polar surface area (TPSA) is 111 Å². The highest BCUT2D eigenvalue weighted by molar-refractivity contribution is 7.92. The van der Waals surface area contributed by atoms with Crippen molar-refractivity contribution in [3.05, 3.63) is 70.8 Å². The first kappa shape index (κ1) is 23.7. The number of sulfone groups is 1. The lowest BCUT2D eigenvalue weighted by atomic mass is 9.86. The molecule has 0 bridgehead atoms. The van der Waals surface area contributed by atoms with E-state index in [-0.39, 0.29) is 43.9 Å². The molecule has 0 spiro atoms. The van der Waals surface area contributed by atoms with E-state index in [0.717, 1.165) is 12.1 Å². The lowest BCUT2D eigenvalue weighted by Crippen LogP contribution is -2.59. The summed E-state index contributed by atoms with van der Waals surface area (Å²) in [5.74, 6) is -2.03. The largest absolute Gasteiger partial charge is 0.377 e. The molecule has 7 nitrogen and oxygen atoms in total. The molecular formula is C23H27F2N3O4S. The van der Waals surface area contributed by atoms with Crippen LogP contribution in [-0.2, 0) is 31.3 Å². The van der Waals surface area contributed by atoms with Crippen LogP contribution in [0.25, 0.3) is 0 Å². The van der Waals surface area contributed by atoms with Crippen molar-refractivity contribution in [3.63, 3.8) is 0 Å². The summed E-state index contributed by atoms with van der Waals surface area (Å²) < 4.78 is 62.3. The maximum atomic E-state index is 15.1. The smallest absolute Gasteiger partial charge is 0.231 e. The maximum absolute atomic E-state index is 15.1. The molecule has 2 aliphatic heterocycles. The molecule has 2 aliphatic rings. The Labute approximate surface area is 191 Å². The highest BCUT2D eigenvalue weighted by Gasteiger charge is 2.45. The zero-order valence-electron chi connectivity index (χ0n) is 18.2. The van der Waals surface area contributed by atoms with Gasteiger partial charge >= 0.3 is 0 Å². The minimum absolute atomic E-state index is 0.0162. The van der Waals surface area contributed by atoms with Crippen molar-refractivity contribution in [1.82, 2.24) is 10.6 Å². The van der Waals surface area contributed by atoms with Crippen molar-refractivity contribution in [2.45, 2.75) is 35.4 Å². The Morgan fingerprint density at radius 3 is 2.52 bits per heavy atom. The number of amides is 1. The van der Waals surface area contributed by atoms with Gasteiger partial charge in [-0.25, -0.2) is 17.2 Å². The summed E-state index contributed by atoms with van der Waals surface area (Å²) in [5, 5.41) is 4.37. The summed E-state index contributed by atoms with van der Waals surface area (Å²) in [5.41, 5.74) is 4.79. The number of ether oxygens (including phenoxy) is 1. The lowest BCUT2D eigenvalue weighted by Gasteiger charge is -2.42. The maximum Gasteiger partial charge on any atom is 0.231 e. The van der Waals surface area contributed by atoms with Gasteiger partial charge in [-0.2, -0.15) is 0 Å². The predicted octanol–water partition coefficient (Wildman–Crippen LogP) is 1.32. The van der Waals surface area contributed by atoms with E-state index in [2.05, 4.69) is 10.6 Å². The minimum atomic E-state index is -3.68. The molecule has 0 saturated carbocycles. The Kier molecular flexibility index (Phi) is 6.54. The van der Waals surface area contributed by atoms with E-state index in [9.17, 15) is 13.2 Å². The zero-order chi connectivity index (χ0) is 23.8. The molecule has 1 amide bonds. The summed E-state index contributed by atoms with van der Waals surface area (Å²) in [6, 6.07) is 10.5. The predicted molar refractivity (Wildman–Crippen MR) is 119 cm³/mol. The van der Waals surface area contributed by atoms with E-state index in [0.29, 0.717) is 5.56 Å². The molecule has 0 radical (unpaired) electrons. The summed E-state index contributed by atoms with van der Waals surface area (Å²) in [7, 11) is -3.68. The molecule has 33 heavy (non-hydrogen) atoms. The third kappa shape index (κ3) is 4.52. The van der Waals surface area contributed by atoms with Crippen molar-refractivity contribution >= 4 is 15.7 Å². The van der Waals surface area contributed by atoms with Crippen LogP contribution in [0.4, 0.5) is 8.78 Å². The van der Waals surface area contributed by atoms with Crippen molar-refractivity contribution in [1.29, 1.82) is 0 Å². The molecule has 178 valence electrons. The fourth-order valence-corrected chi connectivity index (χ4v) is 6.91. The van der Waals surface area contributed by atoms with Crippen molar-refractivity contribution in [2.24, 2.45) is 5.73 Å². The van der Waals surface area contributed by atoms with Gasteiger partial charge in [-0.15, -0.1) is 0 Å². The first-order valence-corrected chi connectivity index (χ1v) is 12.4. The summed E-state index contributed by atoms with van der Waals surface area (Å²) >= 11 is 0. The van der Waals surface area contributed by atoms with E-state index in [4.69, 9.17) is 10.5 Å². The van der Waals surface area contributed by atoms with Gasteiger partial charge in [0.2, 0.25) is 5.91 Å². The van der Waals surface area contributed by atoms with Crippen LogP contribution in [-0.4, -0.2) is 51.9 Å². The Balaban J connectivity index is 1.62. The second-order valence-corrected chi connectivity index (χ2v) is 11.1. The van der Waals surface area contributed by atoms with Gasteiger partial charge in [-0.1, -0.05) is 30.3 Å². The number of primary amides is 1. The Morgan fingerprint density at radius 2 is 1.91 bits per heavy atom. The van der Waals surface area contributed by atoms with E-state index < -0.39 is 49.5 Å². The number of rotatable bonds is 7. The van der Waals surface area contributed by atoms with Gasteiger partial charge in [0, 0.05) is 18.2 Å². The molecule has 2 saturated heterocycles. The molecule has 0 aromatic heterocycles. The Morgan fingerprint density at radius 1 is 1.21 bits per heavy atom. The molecular weight excluding hydrogens is 452 g/mol. The van der Waals surface area contributed by atoms with E-state index in [1.807, 2.05) is 6.07 Å². The van der Waals surface area contributed by atoms with Gasteiger partial charge in [0.15, 0.2) is 9.84 Å². The average molecular weight is 480 g/mol. The molecule has 2 aromatic carbocycles. The molecule has 4 rings (SSSR count). The highest BCUT2D eigenvalue weighted by atomic mass is 32.2. The van der Waals surface area contributed by atoms with E-state index in [1.165, 1.54) is 0 Å². The second-order valence-electron chi connectivity index (χ2n) is 8.75. The van der Waals surface area contributed by atoms with Crippen LogP contribution in [0.2, 0.25) is 0 Å². The lowest BCUT2D eigenvalue weighted by molar-refractivity contribution is -0.120. The summed E-state index contributed by atoms with van der Waals surface area (Å²) in [4.78, 5) is 11.2. The van der Waals surface area contributed by atoms with Crippen LogP contribution in [0.1, 0.15) is 28.9 Å². The normalized spacial score (nSPS) is 25.8. The van der Waals surface area contributed by atoms with Crippen molar-refractivity contribution in [2.75, 3.05) is 26.3 Å². The van der Waals surface area contributed by atoms with Crippen LogP contribution in [0.3, 0.4) is 0 Å². The third-order valence-electron chi connectivity index (χ3n) is 6.54. The number of carbonyl (C=O) groups is 1. The standard InChI is InChI=1S/C23H27F2N3O4S/c1-14-20(33(30,31)21(10-27-14)15-5-3-2-4-6-15)8-16-7-19(25)17(9-18(16)24)23(12-32-13-23)28-11-22(26)29/h2-7,9,14,20-21,27-28H,8,10-13H2,1H3,(H2,26,29)/t14-,20?,21-/m0/s1. The van der Waals surface area contributed by atoms with Gasteiger partial charge in [0.05, 0.1) is 35.8 Å². The number of hydrogen-bond donors (Lipinski definition) is 3. The van der Waals surface area contributed by atoms with Crippen LogP contribution in [0, 0.1) is 11.6 Å². The molecule has 1 unspecified atom stereocenters. The SMILES string of the molecule is C[C@@H]1NC[C@@H](c2ccccc2)S(=O)(=O)C1Cc1cc(F)c(C2(NCC(N)=O)COC2)cc1F. The van der Waals surface area contributed by atoms with Gasteiger partial charge in [0.1, 0.15) is 11.6 Å². The minimum Gasteiger partial charge on any atom is -0.377 e. The van der Waals surface area contributed by atoms with Gasteiger partial charge in [0.25, 0.3) is 0 Å². The quantitative estimate of drug-likeness (QED) is 0.553. The van der Waals surface area contributed by atoms with Crippen LogP contribution >= 0.6 is 0 Å². The van der Waals surface area contributed by atoms with E-state index in [1.54, 1.807) is 31.2 Å². The number of hydrogen-bond acceptors (Lipinski definition) is 6. The van der Waals surface area contributed by atoms with Gasteiger partial charge < -0.3 is 15.8 Å². The number of nitrogens with one attached hydrogen (secondary N) is 2. The number of nitrogens with two attached hydrogens (primary N) is 1. The molecule has 3 atom stereocenters. The summed E-state index contributed by atoms with van der Waals surface area (Å²) in [6.45, 7) is 1.91. The molecule has 0 aliphatic carbocycles. The molecule has 2 aromatic rings. The Hall–Kier alpha value is -2.40. The van der Waals surface area contributed by atoms with Crippen LogP contribution in [0.15, 0.2) is 42.5 Å². The molecule has 2 heterocycles. The van der Waals surface area contributed by atoms with Crippen molar-refractivity contribution in [3.8, 4) is 0 Å². The third-order valence-corrected chi connectivity index (χ3v) is 9.19. The zero-order valence-corrected chi connectivity index (χ0v) is 19.0. The van der Waals surface area contributed by atoms with E-state index >= 15 is 8.78 Å². The fourth-order valence-electron chi connectivity index (χ4n) is 4.55. The first-order chi connectivity index (χ1) is 15.6. The average Bonchev–Trinajstić information content (AvgIpc) is 2.73. The van der Waals surface area contributed by atoms with Crippen LogP contribution < -0.4 is 16.4 Å². The summed E-state index contributed by atoms with van der Waals surface area (Å²) in [6.07, 6.45) is -0.166. The monoisotopic (exact) mass is 479 g/mol. The molecule has 10 heteroatoms. The van der Waals surface area contributed by atoms with Gasteiger partial charge in [-0.3, -0.25) is 10.1 Å². The van der Waals surface area contributed by atoms with Crippen LogP contribution in [0.5, 0.6) is 0 Å². The molecule has 4 N–H and O–H groups in total. The fraction of sp³-hybridized carbons (Fsp3) is 0.435. The number of halogens is 2. The number of benzene rings is 2. The highest BCUT2D eigenvalue weighted by Crippen LogP contribution is 2.35.